The first-order valence-corrected chi connectivity index (χ1v) is 4.70. The third-order valence-corrected chi connectivity index (χ3v) is 2.08. The zero-order valence-electron chi connectivity index (χ0n) is 8.77. The highest BCUT2D eigenvalue weighted by molar-refractivity contribution is 5.95. The number of hydrogen-bond donors (Lipinski definition) is 1. The number of carbonyl (C=O) groups excluding carboxylic acids is 1. The smallest absolute Gasteiger partial charge is 0.161 e. The molecule has 0 bridgehead atoms. The van der Waals surface area contributed by atoms with Crippen molar-refractivity contribution in [3.63, 3.8) is 0 Å². The number of aromatic amines is 1. The Labute approximate surface area is 79.4 Å². The average Bonchev–Trinajstić information content (AvgIpc) is 2.29. The summed E-state index contributed by atoms with van der Waals surface area (Å²) in [6.07, 6.45) is 1.01. The van der Waals surface area contributed by atoms with Gasteiger partial charge in [-0.15, -0.1) is 0 Å². The second kappa shape index (κ2) is 3.77. The van der Waals surface area contributed by atoms with Gasteiger partial charge in [-0.25, -0.2) is 0 Å². The molecular formula is C11H17NO. The molecule has 13 heavy (non-hydrogen) atoms. The van der Waals surface area contributed by atoms with Gasteiger partial charge in [-0.2, -0.15) is 0 Å². The van der Waals surface area contributed by atoms with Gasteiger partial charge >= 0.3 is 0 Å². The fourth-order valence-electron chi connectivity index (χ4n) is 1.54. The van der Waals surface area contributed by atoms with Crippen LogP contribution in [0.5, 0.6) is 0 Å². The van der Waals surface area contributed by atoms with Crippen molar-refractivity contribution < 1.29 is 4.79 Å². The van der Waals surface area contributed by atoms with Gasteiger partial charge in [0.15, 0.2) is 5.78 Å². The highest BCUT2D eigenvalue weighted by atomic mass is 16.1. The number of rotatable bonds is 3. The van der Waals surface area contributed by atoms with Crippen LogP contribution in [0.25, 0.3) is 0 Å². The van der Waals surface area contributed by atoms with Crippen molar-refractivity contribution in [2.24, 2.45) is 5.92 Å². The SMILES string of the molecule is CC(=O)c1cc(CC(C)C)[nH]c1C. The number of nitrogens with one attached hydrogen (secondary N) is 1. The molecular weight excluding hydrogens is 162 g/mol. The number of carbonyl (C=O) groups is 1. The van der Waals surface area contributed by atoms with Crippen LogP contribution in [0.1, 0.15) is 42.5 Å². The van der Waals surface area contributed by atoms with Crippen molar-refractivity contribution >= 4 is 5.78 Å². The summed E-state index contributed by atoms with van der Waals surface area (Å²) in [6, 6.07) is 1.97. The fraction of sp³-hybridized carbons (Fsp3) is 0.545. The lowest BCUT2D eigenvalue weighted by molar-refractivity contribution is 0.101. The summed E-state index contributed by atoms with van der Waals surface area (Å²) in [7, 11) is 0. The van der Waals surface area contributed by atoms with Gasteiger partial charge in [0.05, 0.1) is 0 Å². The molecule has 0 atom stereocenters. The molecule has 0 aliphatic rings. The first-order chi connectivity index (χ1) is 6.00. The molecule has 72 valence electrons. The monoisotopic (exact) mass is 179 g/mol. The average molecular weight is 179 g/mol. The Morgan fingerprint density at radius 3 is 2.54 bits per heavy atom. The Hall–Kier alpha value is -1.05. The maximum absolute atomic E-state index is 11.1. The fourth-order valence-corrected chi connectivity index (χ4v) is 1.54. The third-order valence-electron chi connectivity index (χ3n) is 2.08. The van der Waals surface area contributed by atoms with Gasteiger partial charge < -0.3 is 4.98 Å². The number of aryl methyl sites for hydroxylation is 1. The summed E-state index contributed by atoms with van der Waals surface area (Å²) in [5.74, 6) is 0.765. The highest BCUT2D eigenvalue weighted by Gasteiger charge is 2.08. The molecule has 1 aromatic heterocycles. The lowest BCUT2D eigenvalue weighted by Gasteiger charge is -2.00. The summed E-state index contributed by atoms with van der Waals surface area (Å²) in [4.78, 5) is 14.4. The zero-order valence-corrected chi connectivity index (χ0v) is 8.77. The summed E-state index contributed by atoms with van der Waals surface area (Å²) in [5.41, 5.74) is 2.98. The van der Waals surface area contributed by atoms with E-state index in [2.05, 4.69) is 18.8 Å². The maximum atomic E-state index is 11.1. The molecule has 1 N–H and O–H groups in total. The lowest BCUT2D eigenvalue weighted by Crippen LogP contribution is -1.93. The molecule has 2 nitrogen and oxygen atoms in total. The number of hydrogen-bond acceptors (Lipinski definition) is 1. The molecule has 0 radical (unpaired) electrons. The predicted octanol–water partition coefficient (Wildman–Crippen LogP) is 2.72. The Kier molecular flexibility index (Phi) is 2.91. The molecule has 0 saturated heterocycles. The standard InChI is InChI=1S/C11H17NO/c1-7(2)5-10-6-11(9(4)13)8(3)12-10/h6-7,12H,5H2,1-4H3. The summed E-state index contributed by atoms with van der Waals surface area (Å²) >= 11 is 0. The molecule has 0 aliphatic heterocycles. The van der Waals surface area contributed by atoms with E-state index in [1.54, 1.807) is 6.92 Å². The summed E-state index contributed by atoms with van der Waals surface area (Å²) < 4.78 is 0. The van der Waals surface area contributed by atoms with Crippen molar-refractivity contribution in [3.05, 3.63) is 23.0 Å². The van der Waals surface area contributed by atoms with E-state index in [1.807, 2.05) is 13.0 Å². The quantitative estimate of drug-likeness (QED) is 0.711. The van der Waals surface area contributed by atoms with Crippen LogP contribution in [0.15, 0.2) is 6.07 Å². The molecule has 1 aromatic rings. The van der Waals surface area contributed by atoms with E-state index in [4.69, 9.17) is 0 Å². The van der Waals surface area contributed by atoms with Crippen LogP contribution in [0.4, 0.5) is 0 Å². The first-order valence-electron chi connectivity index (χ1n) is 4.70. The number of Topliss-reactive ketones (excluding diaryl/α,β-unsaturated/α-hetero) is 1. The molecule has 0 aromatic carbocycles. The number of aromatic nitrogens is 1. The molecule has 1 heterocycles. The first kappa shape index (κ1) is 10.0. The minimum atomic E-state index is 0.142. The van der Waals surface area contributed by atoms with Crippen molar-refractivity contribution in [2.45, 2.75) is 34.1 Å². The van der Waals surface area contributed by atoms with Crippen molar-refractivity contribution in [2.75, 3.05) is 0 Å². The largest absolute Gasteiger partial charge is 0.362 e. The van der Waals surface area contributed by atoms with Gasteiger partial charge in [0.1, 0.15) is 0 Å². The van der Waals surface area contributed by atoms with E-state index in [-0.39, 0.29) is 5.78 Å². The van der Waals surface area contributed by atoms with E-state index < -0.39 is 0 Å². The minimum absolute atomic E-state index is 0.142. The Balaban J connectivity index is 2.89. The third kappa shape index (κ3) is 2.44. The van der Waals surface area contributed by atoms with Crippen LogP contribution >= 0.6 is 0 Å². The summed E-state index contributed by atoms with van der Waals surface area (Å²) in [5, 5.41) is 0. The molecule has 0 amide bonds. The zero-order chi connectivity index (χ0) is 10.0. The minimum Gasteiger partial charge on any atom is -0.362 e. The molecule has 0 saturated carbocycles. The van der Waals surface area contributed by atoms with Crippen molar-refractivity contribution in [1.82, 2.24) is 4.98 Å². The second-order valence-electron chi connectivity index (χ2n) is 3.99. The van der Waals surface area contributed by atoms with E-state index in [0.29, 0.717) is 5.92 Å². The Morgan fingerprint density at radius 1 is 1.54 bits per heavy atom. The highest BCUT2D eigenvalue weighted by Crippen LogP contribution is 2.13. The van der Waals surface area contributed by atoms with E-state index in [9.17, 15) is 4.79 Å². The normalized spacial score (nSPS) is 10.8. The van der Waals surface area contributed by atoms with Gasteiger partial charge in [-0.05, 0) is 32.3 Å². The van der Waals surface area contributed by atoms with Gasteiger partial charge in [-0.1, -0.05) is 13.8 Å². The van der Waals surface area contributed by atoms with E-state index in [1.165, 1.54) is 0 Å². The second-order valence-corrected chi connectivity index (χ2v) is 3.99. The lowest BCUT2D eigenvalue weighted by atomic mass is 10.1. The topological polar surface area (TPSA) is 32.9 Å². The van der Waals surface area contributed by atoms with Gasteiger partial charge in [0.25, 0.3) is 0 Å². The molecule has 0 fully saturated rings. The van der Waals surface area contributed by atoms with Crippen LogP contribution in [0.2, 0.25) is 0 Å². The molecule has 0 spiro atoms. The number of ketones is 1. The molecule has 2 heteroatoms. The van der Waals surface area contributed by atoms with Crippen LogP contribution < -0.4 is 0 Å². The Bertz CT molecular complexity index is 310. The van der Waals surface area contributed by atoms with Crippen LogP contribution in [-0.4, -0.2) is 10.8 Å². The van der Waals surface area contributed by atoms with Crippen molar-refractivity contribution in [1.29, 1.82) is 0 Å². The van der Waals surface area contributed by atoms with Crippen LogP contribution in [-0.2, 0) is 6.42 Å². The predicted molar refractivity (Wildman–Crippen MR) is 54.1 cm³/mol. The van der Waals surface area contributed by atoms with E-state index >= 15 is 0 Å². The summed E-state index contributed by atoms with van der Waals surface area (Å²) in [6.45, 7) is 7.89. The number of H-pyrrole nitrogens is 1. The Morgan fingerprint density at radius 2 is 2.15 bits per heavy atom. The van der Waals surface area contributed by atoms with Crippen LogP contribution in [0.3, 0.4) is 0 Å². The van der Waals surface area contributed by atoms with Gasteiger partial charge in [-0.3, -0.25) is 4.79 Å². The molecule has 0 aliphatic carbocycles. The maximum Gasteiger partial charge on any atom is 0.161 e. The molecule has 0 unspecified atom stereocenters. The van der Waals surface area contributed by atoms with Crippen LogP contribution in [0, 0.1) is 12.8 Å². The van der Waals surface area contributed by atoms with Gasteiger partial charge in [0, 0.05) is 17.0 Å². The van der Waals surface area contributed by atoms with E-state index in [0.717, 1.165) is 23.4 Å². The van der Waals surface area contributed by atoms with Crippen molar-refractivity contribution in [3.8, 4) is 0 Å². The molecule has 1 rings (SSSR count). The van der Waals surface area contributed by atoms with Gasteiger partial charge in [0.2, 0.25) is 0 Å².